The molecular weight excluding hydrogens is 723 g/mol. The number of benzene rings is 2. The van der Waals surface area contributed by atoms with Gasteiger partial charge in [0.25, 0.3) is 0 Å². The highest BCUT2D eigenvalue weighted by Gasteiger charge is 2.13. The van der Waals surface area contributed by atoms with Crippen LogP contribution in [-0.4, -0.2) is 65.7 Å². The molecule has 9 heteroatoms. The van der Waals surface area contributed by atoms with Crippen molar-refractivity contribution >= 4 is 11.5 Å². The first-order chi connectivity index (χ1) is 27.2. The third-order valence-electron chi connectivity index (χ3n) is 7.21. The van der Waals surface area contributed by atoms with Crippen molar-refractivity contribution in [2.45, 2.75) is 135 Å². The summed E-state index contributed by atoms with van der Waals surface area (Å²) in [5, 5.41) is 6.73. The Hall–Kier alpha value is -4.21. The lowest BCUT2D eigenvalue weighted by Gasteiger charge is -2.21. The van der Waals surface area contributed by atoms with E-state index in [2.05, 4.69) is 115 Å². The third-order valence-corrected chi connectivity index (χ3v) is 7.21. The van der Waals surface area contributed by atoms with E-state index in [1.807, 2.05) is 88.5 Å². The van der Waals surface area contributed by atoms with Gasteiger partial charge in [-0.1, -0.05) is 69.2 Å². The smallest absolute Gasteiger partial charge is 0.144 e. The quantitative estimate of drug-likeness (QED) is 0.107. The van der Waals surface area contributed by atoms with E-state index < -0.39 is 0 Å². The van der Waals surface area contributed by atoms with E-state index >= 15 is 0 Å². The van der Waals surface area contributed by atoms with Crippen molar-refractivity contribution in [1.82, 2.24) is 15.0 Å². The number of anilines is 2. The van der Waals surface area contributed by atoms with Crippen LogP contribution in [0.5, 0.6) is 11.5 Å². The predicted octanol–water partition coefficient (Wildman–Crippen LogP) is 13.0. The lowest BCUT2D eigenvalue weighted by molar-refractivity contribution is 0.0634. The minimum absolute atomic E-state index is 0.0277. The van der Waals surface area contributed by atoms with E-state index in [4.69, 9.17) is 18.9 Å². The van der Waals surface area contributed by atoms with E-state index in [0.717, 1.165) is 84.8 Å². The van der Waals surface area contributed by atoms with Gasteiger partial charge in [-0.15, -0.1) is 0 Å². The lowest BCUT2D eigenvalue weighted by Crippen LogP contribution is -2.26. The molecule has 2 aromatic carbocycles. The third kappa shape index (κ3) is 24.5. The molecule has 0 saturated carbocycles. The van der Waals surface area contributed by atoms with Gasteiger partial charge in [-0.05, 0) is 113 Å². The van der Waals surface area contributed by atoms with Crippen LogP contribution >= 0.6 is 0 Å². The first kappa shape index (κ1) is 51.8. The van der Waals surface area contributed by atoms with Crippen LogP contribution in [-0.2, 0) is 9.47 Å². The van der Waals surface area contributed by atoms with Gasteiger partial charge < -0.3 is 29.6 Å². The van der Waals surface area contributed by atoms with Gasteiger partial charge in [0, 0.05) is 48.3 Å². The first-order valence-corrected chi connectivity index (χ1v) is 21.2. The summed E-state index contributed by atoms with van der Waals surface area (Å²) in [5.41, 5.74) is 5.34. The number of nitrogens with zero attached hydrogens (tertiary/aromatic N) is 3. The predicted molar refractivity (Wildman–Crippen MR) is 247 cm³/mol. The van der Waals surface area contributed by atoms with Crippen molar-refractivity contribution < 1.29 is 18.9 Å². The summed E-state index contributed by atoms with van der Waals surface area (Å²) in [5.74, 6) is 2.51. The molecule has 2 heterocycles. The zero-order chi connectivity index (χ0) is 43.8. The molecule has 0 saturated heterocycles. The highest BCUT2D eigenvalue weighted by molar-refractivity contribution is 5.62. The fraction of sp³-hybridized carbons (Fsp3) is 0.571. The molecule has 0 bridgehead atoms. The Morgan fingerprint density at radius 2 is 0.879 bits per heavy atom. The normalized spacial score (nSPS) is 11.4. The average molecular weight is 802 g/mol. The lowest BCUT2D eigenvalue weighted by atomic mass is 9.99. The molecule has 0 spiro atoms. The summed E-state index contributed by atoms with van der Waals surface area (Å²) < 4.78 is 22.9. The van der Waals surface area contributed by atoms with Gasteiger partial charge in [0.1, 0.15) is 17.3 Å². The molecular formula is C49H79N5O4. The maximum atomic E-state index is 5.79. The molecule has 324 valence electrons. The minimum Gasteiger partial charge on any atom is -0.494 e. The summed E-state index contributed by atoms with van der Waals surface area (Å²) in [6.07, 6.45) is 7.20. The van der Waals surface area contributed by atoms with Crippen molar-refractivity contribution in [3.8, 4) is 34.0 Å². The Labute approximate surface area is 353 Å². The van der Waals surface area contributed by atoms with Crippen LogP contribution in [0.3, 0.4) is 0 Å². The topological polar surface area (TPSA) is 99.7 Å². The first-order valence-electron chi connectivity index (χ1n) is 21.2. The van der Waals surface area contributed by atoms with Gasteiger partial charge >= 0.3 is 0 Å². The van der Waals surface area contributed by atoms with Crippen molar-refractivity contribution in [3.63, 3.8) is 0 Å². The number of aromatic nitrogens is 3. The molecule has 9 nitrogen and oxygen atoms in total. The second-order valence-corrected chi connectivity index (χ2v) is 18.1. The van der Waals surface area contributed by atoms with E-state index in [1.165, 1.54) is 0 Å². The van der Waals surface area contributed by atoms with Crippen LogP contribution in [0, 0.1) is 10.8 Å². The molecule has 2 aromatic heterocycles. The van der Waals surface area contributed by atoms with E-state index in [-0.39, 0.29) is 21.9 Å². The number of hydrogen-bond acceptors (Lipinski definition) is 9. The highest BCUT2D eigenvalue weighted by atomic mass is 16.5. The van der Waals surface area contributed by atoms with Crippen LogP contribution in [0.2, 0.25) is 0 Å². The minimum atomic E-state index is -0.0348. The zero-order valence-electron chi connectivity index (χ0n) is 39.1. The van der Waals surface area contributed by atoms with Gasteiger partial charge in [-0.2, -0.15) is 0 Å². The second-order valence-electron chi connectivity index (χ2n) is 18.1. The van der Waals surface area contributed by atoms with Crippen LogP contribution in [0.1, 0.15) is 124 Å². The molecule has 0 aliphatic heterocycles. The Morgan fingerprint density at radius 1 is 0.448 bits per heavy atom. The number of hydrogen-bond donors (Lipinski definition) is 2. The SMILES string of the molecule is CC.CC.CC(C)(C)COCCCOc1ccc(-c2ccc(NC(C)(C)C)cn2)cc1.CC(C)(C)COCCCOc1ccc(-c2cnc(NC(C)(C)C)cn2)cc1. The van der Waals surface area contributed by atoms with Gasteiger partial charge in [0.05, 0.1) is 62.1 Å². The van der Waals surface area contributed by atoms with Gasteiger partial charge in [0.2, 0.25) is 0 Å². The standard InChI is InChI=1S/C23H34N2O2.C22H33N3O2.2C2H6/c1-22(2,3)17-26-14-7-15-27-20-11-8-18(9-12-20)21-13-10-19(16-24-21)25-23(4,5)6;1-21(2,3)16-26-12-7-13-27-18-10-8-17(9-11-18)19-14-24-20(15-23-19)25-22(4,5)6;2*1-2/h8-13,16,25H,7,14-15,17H2,1-6H3;8-11,14-15H,7,12-13,16H2,1-6H3,(H,24,25);2*1-2H3. The molecule has 0 fully saturated rings. The summed E-state index contributed by atoms with van der Waals surface area (Å²) >= 11 is 0. The maximum Gasteiger partial charge on any atom is 0.144 e. The largest absolute Gasteiger partial charge is 0.494 e. The number of nitrogens with one attached hydrogen (secondary N) is 2. The Morgan fingerprint density at radius 3 is 1.24 bits per heavy atom. The van der Waals surface area contributed by atoms with E-state index in [9.17, 15) is 0 Å². The second kappa shape index (κ2) is 26.0. The summed E-state index contributed by atoms with van der Waals surface area (Å²) in [7, 11) is 0. The molecule has 58 heavy (non-hydrogen) atoms. The molecule has 0 amide bonds. The van der Waals surface area contributed by atoms with Crippen molar-refractivity contribution in [3.05, 3.63) is 79.3 Å². The van der Waals surface area contributed by atoms with Crippen LogP contribution in [0.4, 0.5) is 11.5 Å². The van der Waals surface area contributed by atoms with Crippen molar-refractivity contribution in [2.75, 3.05) is 50.3 Å². The Bertz CT molecular complexity index is 1490. The number of pyridine rings is 1. The van der Waals surface area contributed by atoms with Crippen molar-refractivity contribution in [1.29, 1.82) is 0 Å². The fourth-order valence-corrected chi connectivity index (χ4v) is 4.90. The maximum absolute atomic E-state index is 5.79. The highest BCUT2D eigenvalue weighted by Crippen LogP contribution is 2.24. The average Bonchev–Trinajstić information content (AvgIpc) is 3.15. The van der Waals surface area contributed by atoms with E-state index in [0.29, 0.717) is 13.2 Å². The molecule has 4 aromatic rings. The van der Waals surface area contributed by atoms with E-state index in [1.54, 1.807) is 12.4 Å². The Kier molecular flexibility index (Phi) is 23.2. The molecule has 0 aliphatic rings. The molecule has 0 atom stereocenters. The Balaban J connectivity index is 0.000000534. The molecule has 0 radical (unpaired) electrons. The summed E-state index contributed by atoms with van der Waals surface area (Å²) in [4.78, 5) is 13.5. The number of rotatable bonds is 16. The van der Waals surface area contributed by atoms with Crippen LogP contribution in [0.15, 0.2) is 79.3 Å². The molecule has 4 rings (SSSR count). The van der Waals surface area contributed by atoms with Gasteiger partial charge in [-0.3, -0.25) is 9.97 Å². The van der Waals surface area contributed by atoms with Crippen LogP contribution in [0.25, 0.3) is 22.5 Å². The fourth-order valence-electron chi connectivity index (χ4n) is 4.90. The number of ether oxygens (including phenoxy) is 4. The zero-order valence-corrected chi connectivity index (χ0v) is 39.1. The molecule has 0 aliphatic carbocycles. The summed E-state index contributed by atoms with van der Waals surface area (Å²) in [6.45, 7) is 38.0. The molecule has 2 N–H and O–H groups in total. The van der Waals surface area contributed by atoms with Crippen molar-refractivity contribution in [2.24, 2.45) is 10.8 Å². The van der Waals surface area contributed by atoms with Gasteiger partial charge in [-0.25, -0.2) is 4.98 Å². The van der Waals surface area contributed by atoms with Gasteiger partial charge in [0.15, 0.2) is 0 Å². The summed E-state index contributed by atoms with van der Waals surface area (Å²) in [6, 6.07) is 20.1. The van der Waals surface area contributed by atoms with Crippen LogP contribution < -0.4 is 20.1 Å². The monoisotopic (exact) mass is 802 g/mol. The molecule has 0 unspecified atom stereocenters.